The Morgan fingerprint density at radius 3 is 2.44 bits per heavy atom. The highest BCUT2D eigenvalue weighted by atomic mass is 32.2. The molecule has 0 saturated carbocycles. The van der Waals surface area contributed by atoms with E-state index in [1.54, 1.807) is 36.7 Å². The molecule has 0 radical (unpaired) electrons. The Kier molecular flexibility index (Phi) is 5.09. The van der Waals surface area contributed by atoms with Crippen molar-refractivity contribution >= 4 is 37.9 Å². The van der Waals surface area contributed by atoms with Crippen molar-refractivity contribution < 1.29 is 22.3 Å². The van der Waals surface area contributed by atoms with Crippen LogP contribution in [0.15, 0.2) is 67.3 Å². The Morgan fingerprint density at radius 1 is 1.03 bits per heavy atom. The number of hydrogen-bond donors (Lipinski definition) is 0. The van der Waals surface area contributed by atoms with E-state index in [1.165, 1.54) is 25.4 Å². The molecule has 4 aromatic heterocycles. The van der Waals surface area contributed by atoms with Crippen LogP contribution in [0, 0.1) is 5.82 Å². The molecule has 4 heterocycles. The summed E-state index contributed by atoms with van der Waals surface area (Å²) in [5, 5.41) is 0.784. The van der Waals surface area contributed by atoms with E-state index < -0.39 is 21.8 Å². The lowest BCUT2D eigenvalue weighted by Crippen LogP contribution is -2.10. The van der Waals surface area contributed by atoms with Crippen LogP contribution in [-0.4, -0.2) is 46.7 Å². The second-order valence-corrected chi connectivity index (χ2v) is 9.44. The summed E-state index contributed by atoms with van der Waals surface area (Å²) in [5.74, 6) is -1.15. The van der Waals surface area contributed by atoms with E-state index in [4.69, 9.17) is 4.74 Å². The molecule has 0 saturated heterocycles. The zero-order chi connectivity index (χ0) is 24.0. The molecule has 0 atom stereocenters. The third-order valence-electron chi connectivity index (χ3n) is 5.46. The smallest absolute Gasteiger partial charge is 0.337 e. The van der Waals surface area contributed by atoms with Gasteiger partial charge < -0.3 is 4.74 Å². The van der Waals surface area contributed by atoms with Crippen LogP contribution in [0.4, 0.5) is 4.39 Å². The molecule has 170 valence electrons. The Bertz CT molecular complexity index is 1680. The molecule has 0 N–H and O–H groups in total. The number of carbonyl (C=O) groups excluding carboxylic acids is 1. The molecule has 0 amide bonds. The Labute approximate surface area is 193 Å². The van der Waals surface area contributed by atoms with Gasteiger partial charge in [-0.25, -0.2) is 26.6 Å². The van der Waals surface area contributed by atoms with E-state index in [0.29, 0.717) is 27.6 Å². The molecule has 0 aliphatic heterocycles. The molecule has 0 spiro atoms. The van der Waals surface area contributed by atoms with Gasteiger partial charge in [-0.1, -0.05) is 12.1 Å². The average Bonchev–Trinajstić information content (AvgIpc) is 3.18. The van der Waals surface area contributed by atoms with Crippen molar-refractivity contribution in [2.45, 2.75) is 0 Å². The van der Waals surface area contributed by atoms with E-state index in [-0.39, 0.29) is 16.7 Å². The number of esters is 1. The van der Waals surface area contributed by atoms with Gasteiger partial charge in [0.15, 0.2) is 5.65 Å². The van der Waals surface area contributed by atoms with Gasteiger partial charge in [0, 0.05) is 34.3 Å². The number of ether oxygens (including phenoxy) is 1. The monoisotopic (exact) mass is 476 g/mol. The molecule has 0 unspecified atom stereocenters. The SMILES string of the molecule is COC(=O)c1ccc(-c2c(F)cnc3c2c2cc(-c4cccnc4)ncc2n3S(C)(=O)=O)cc1. The van der Waals surface area contributed by atoms with Crippen LogP contribution >= 0.6 is 0 Å². The molecule has 1 aromatic carbocycles. The van der Waals surface area contributed by atoms with Crippen LogP contribution in [0.5, 0.6) is 0 Å². The average molecular weight is 476 g/mol. The van der Waals surface area contributed by atoms with Gasteiger partial charge in [0.25, 0.3) is 0 Å². The van der Waals surface area contributed by atoms with Gasteiger partial charge in [-0.15, -0.1) is 0 Å². The van der Waals surface area contributed by atoms with Crippen molar-refractivity contribution in [3.05, 3.63) is 78.6 Å². The Balaban J connectivity index is 1.88. The maximum Gasteiger partial charge on any atom is 0.337 e. The van der Waals surface area contributed by atoms with Gasteiger partial charge >= 0.3 is 5.97 Å². The maximum absolute atomic E-state index is 15.2. The third kappa shape index (κ3) is 3.48. The third-order valence-corrected chi connectivity index (χ3v) is 6.49. The fraction of sp³-hybridized carbons (Fsp3) is 0.0833. The normalized spacial score (nSPS) is 11.7. The minimum Gasteiger partial charge on any atom is -0.465 e. The molecule has 0 aliphatic carbocycles. The number of hydrogen-bond acceptors (Lipinski definition) is 7. The molecule has 8 nitrogen and oxygen atoms in total. The number of benzene rings is 1. The zero-order valence-corrected chi connectivity index (χ0v) is 18.9. The second-order valence-electron chi connectivity index (χ2n) is 7.60. The largest absolute Gasteiger partial charge is 0.465 e. The zero-order valence-electron chi connectivity index (χ0n) is 18.1. The predicted molar refractivity (Wildman–Crippen MR) is 125 cm³/mol. The number of nitrogens with zero attached hydrogens (tertiary/aromatic N) is 4. The number of pyridine rings is 3. The first-order valence-electron chi connectivity index (χ1n) is 10.1. The summed E-state index contributed by atoms with van der Waals surface area (Å²) in [5.41, 5.74) is 2.54. The number of fused-ring (bicyclic) bond motifs is 3. The summed E-state index contributed by atoms with van der Waals surface area (Å²) in [6, 6.07) is 11.5. The predicted octanol–water partition coefficient (Wildman–Crippen LogP) is 4.05. The van der Waals surface area contributed by atoms with Crippen molar-refractivity contribution in [3.8, 4) is 22.4 Å². The van der Waals surface area contributed by atoms with Gasteiger partial charge in [-0.3, -0.25) is 9.97 Å². The van der Waals surface area contributed by atoms with Crippen molar-refractivity contribution in [1.82, 2.24) is 18.9 Å². The minimum absolute atomic E-state index is 0.0797. The van der Waals surface area contributed by atoms with Gasteiger partial charge in [0.05, 0.1) is 42.5 Å². The van der Waals surface area contributed by atoms with E-state index in [1.807, 2.05) is 6.07 Å². The fourth-order valence-electron chi connectivity index (χ4n) is 3.99. The van der Waals surface area contributed by atoms with Gasteiger partial charge in [-0.05, 0) is 35.9 Å². The van der Waals surface area contributed by atoms with E-state index in [2.05, 4.69) is 15.0 Å². The van der Waals surface area contributed by atoms with Crippen molar-refractivity contribution in [1.29, 1.82) is 0 Å². The number of methoxy groups -OCH3 is 1. The molecule has 34 heavy (non-hydrogen) atoms. The second kappa shape index (κ2) is 7.99. The van der Waals surface area contributed by atoms with Gasteiger partial charge in [0.2, 0.25) is 10.0 Å². The molecule has 5 aromatic rings. The number of carbonyl (C=O) groups is 1. The molecule has 10 heteroatoms. The Morgan fingerprint density at radius 2 is 1.79 bits per heavy atom. The van der Waals surface area contributed by atoms with E-state index in [0.717, 1.165) is 22.0 Å². The van der Waals surface area contributed by atoms with Crippen LogP contribution in [0.3, 0.4) is 0 Å². The molecule has 0 aliphatic rings. The summed E-state index contributed by atoms with van der Waals surface area (Å²) in [7, 11) is -2.53. The van der Waals surface area contributed by atoms with Crippen LogP contribution in [0.25, 0.3) is 44.3 Å². The van der Waals surface area contributed by atoms with E-state index >= 15 is 4.39 Å². The van der Waals surface area contributed by atoms with Crippen LogP contribution in [0.2, 0.25) is 0 Å². The lowest BCUT2D eigenvalue weighted by atomic mass is 9.99. The van der Waals surface area contributed by atoms with Crippen LogP contribution in [0.1, 0.15) is 10.4 Å². The number of rotatable bonds is 4. The molecular formula is C24H17FN4O4S. The summed E-state index contributed by atoms with van der Waals surface area (Å²) in [4.78, 5) is 24.5. The fourth-order valence-corrected chi connectivity index (χ4v) is 4.95. The van der Waals surface area contributed by atoms with Crippen molar-refractivity contribution in [2.24, 2.45) is 0 Å². The summed E-state index contributed by atoms with van der Waals surface area (Å²) >= 11 is 0. The highest BCUT2D eigenvalue weighted by molar-refractivity contribution is 7.89. The standard InChI is InChI=1S/C24H17FN4O4S/c1-33-24(30)15-7-5-14(6-8-15)21-18(25)12-28-23-22(21)17-10-19(16-4-3-9-26-11-16)27-13-20(17)29(23)34(2,31)32/h3-13H,1-2H3. The highest BCUT2D eigenvalue weighted by Gasteiger charge is 2.24. The minimum atomic E-state index is -3.81. The highest BCUT2D eigenvalue weighted by Crippen LogP contribution is 2.39. The topological polar surface area (TPSA) is 104 Å². The lowest BCUT2D eigenvalue weighted by Gasteiger charge is -2.08. The molecule has 0 fully saturated rings. The quantitative estimate of drug-likeness (QED) is 0.361. The summed E-state index contributed by atoms with van der Waals surface area (Å²) in [6.07, 6.45) is 6.74. The maximum atomic E-state index is 15.2. The molecule has 0 bridgehead atoms. The van der Waals surface area contributed by atoms with Gasteiger partial charge in [0.1, 0.15) is 5.82 Å². The lowest BCUT2D eigenvalue weighted by molar-refractivity contribution is 0.0600. The van der Waals surface area contributed by atoms with E-state index in [9.17, 15) is 13.2 Å². The number of aromatic nitrogens is 4. The molecule has 5 rings (SSSR count). The van der Waals surface area contributed by atoms with Crippen LogP contribution in [-0.2, 0) is 14.8 Å². The first kappa shape index (κ1) is 21.7. The summed E-state index contributed by atoms with van der Waals surface area (Å²) < 4.78 is 46.4. The Hall–Kier alpha value is -4.18. The van der Waals surface area contributed by atoms with Crippen molar-refractivity contribution in [3.63, 3.8) is 0 Å². The summed E-state index contributed by atoms with van der Waals surface area (Å²) in [6.45, 7) is 0. The first-order chi connectivity index (χ1) is 16.3. The van der Waals surface area contributed by atoms with Crippen molar-refractivity contribution in [2.75, 3.05) is 13.4 Å². The first-order valence-corrected chi connectivity index (χ1v) is 11.9. The van der Waals surface area contributed by atoms with Gasteiger partial charge in [-0.2, -0.15) is 0 Å². The number of halogens is 1. The van der Waals surface area contributed by atoms with Crippen LogP contribution < -0.4 is 0 Å². The molecular weight excluding hydrogens is 459 g/mol.